The number of benzene rings is 2. The number of aliphatic hydroxyl groups is 1. The van der Waals surface area contributed by atoms with Gasteiger partial charge in [-0.3, -0.25) is 0 Å². The largest absolute Gasteiger partial charge is 0.482 e. The van der Waals surface area contributed by atoms with Crippen molar-refractivity contribution in [3.8, 4) is 5.75 Å². The minimum absolute atomic E-state index is 0.350. The first-order valence-corrected chi connectivity index (χ1v) is 7.72. The van der Waals surface area contributed by atoms with Gasteiger partial charge in [0.15, 0.2) is 6.10 Å². The SMILES string of the molecule is CNCC1(O)Cc2ccccc2C1Oc1cc(C)ccc1C. The van der Waals surface area contributed by atoms with E-state index in [9.17, 15) is 5.11 Å². The predicted octanol–water partition coefficient (Wildman–Crippen LogP) is 2.93. The average molecular weight is 297 g/mol. The van der Waals surface area contributed by atoms with Crippen LogP contribution < -0.4 is 10.1 Å². The van der Waals surface area contributed by atoms with E-state index < -0.39 is 5.60 Å². The zero-order valence-electron chi connectivity index (χ0n) is 13.4. The summed E-state index contributed by atoms with van der Waals surface area (Å²) in [5, 5.41) is 14.2. The zero-order valence-corrected chi connectivity index (χ0v) is 13.4. The molecule has 0 saturated heterocycles. The van der Waals surface area contributed by atoms with E-state index in [1.54, 1.807) is 0 Å². The van der Waals surface area contributed by atoms with Crippen molar-refractivity contribution in [3.63, 3.8) is 0 Å². The van der Waals surface area contributed by atoms with Crippen molar-refractivity contribution in [2.75, 3.05) is 13.6 Å². The standard InChI is InChI=1S/C19H23NO2/c1-13-8-9-14(2)17(10-13)22-18-16-7-5-4-6-15(16)11-19(18,21)12-20-3/h4-10,18,20-21H,11-12H2,1-3H3. The molecule has 2 aromatic carbocycles. The lowest BCUT2D eigenvalue weighted by molar-refractivity contribution is -0.0487. The van der Waals surface area contributed by atoms with Gasteiger partial charge in [0.2, 0.25) is 0 Å². The fraction of sp³-hybridized carbons (Fsp3) is 0.368. The monoisotopic (exact) mass is 297 g/mol. The Hall–Kier alpha value is -1.84. The van der Waals surface area contributed by atoms with Gasteiger partial charge in [0.25, 0.3) is 0 Å². The third kappa shape index (κ3) is 2.62. The van der Waals surface area contributed by atoms with Gasteiger partial charge in [-0.2, -0.15) is 0 Å². The number of aryl methyl sites for hydroxylation is 2. The van der Waals surface area contributed by atoms with Gasteiger partial charge < -0.3 is 15.2 Å². The topological polar surface area (TPSA) is 41.5 Å². The number of hydrogen-bond acceptors (Lipinski definition) is 3. The van der Waals surface area contributed by atoms with Crippen LogP contribution in [0.25, 0.3) is 0 Å². The first-order chi connectivity index (χ1) is 10.5. The zero-order chi connectivity index (χ0) is 15.7. The maximum Gasteiger partial charge on any atom is 0.154 e. The molecule has 0 radical (unpaired) electrons. The Morgan fingerprint density at radius 3 is 2.77 bits per heavy atom. The highest BCUT2D eigenvalue weighted by Gasteiger charge is 2.46. The number of nitrogens with one attached hydrogen (secondary N) is 1. The maximum atomic E-state index is 11.1. The molecule has 2 unspecified atom stereocenters. The highest BCUT2D eigenvalue weighted by Crippen LogP contribution is 2.42. The van der Waals surface area contributed by atoms with Crippen LogP contribution in [0.15, 0.2) is 42.5 Å². The quantitative estimate of drug-likeness (QED) is 0.911. The highest BCUT2D eigenvalue weighted by atomic mass is 16.5. The molecule has 0 spiro atoms. The summed E-state index contributed by atoms with van der Waals surface area (Å²) in [6.07, 6.45) is 0.260. The molecular formula is C19H23NO2. The number of hydrogen-bond donors (Lipinski definition) is 2. The second kappa shape index (κ2) is 5.75. The predicted molar refractivity (Wildman–Crippen MR) is 88.3 cm³/mol. The summed E-state index contributed by atoms with van der Waals surface area (Å²) < 4.78 is 6.29. The molecule has 0 fully saturated rings. The molecule has 3 heteroatoms. The Morgan fingerprint density at radius 2 is 2.00 bits per heavy atom. The Balaban J connectivity index is 1.99. The van der Waals surface area contributed by atoms with E-state index in [0.29, 0.717) is 13.0 Å². The summed E-state index contributed by atoms with van der Waals surface area (Å²) in [5.41, 5.74) is 3.57. The minimum Gasteiger partial charge on any atom is -0.482 e. The number of likely N-dealkylation sites (N-methyl/N-ethyl adjacent to an activating group) is 1. The molecule has 22 heavy (non-hydrogen) atoms. The van der Waals surface area contributed by atoms with E-state index in [1.165, 1.54) is 0 Å². The fourth-order valence-corrected chi connectivity index (χ4v) is 3.26. The molecule has 0 bridgehead atoms. The summed E-state index contributed by atoms with van der Waals surface area (Å²) in [7, 11) is 1.86. The number of ether oxygens (including phenoxy) is 1. The lowest BCUT2D eigenvalue weighted by Crippen LogP contribution is -2.45. The van der Waals surface area contributed by atoms with E-state index in [0.717, 1.165) is 28.0 Å². The van der Waals surface area contributed by atoms with E-state index in [-0.39, 0.29) is 6.10 Å². The molecule has 0 aromatic heterocycles. The van der Waals surface area contributed by atoms with Gasteiger partial charge in [0, 0.05) is 13.0 Å². The molecule has 3 rings (SSSR count). The van der Waals surface area contributed by atoms with E-state index in [2.05, 4.69) is 36.5 Å². The third-order valence-electron chi connectivity index (χ3n) is 4.39. The van der Waals surface area contributed by atoms with Gasteiger partial charge in [-0.25, -0.2) is 0 Å². The minimum atomic E-state index is -0.922. The maximum absolute atomic E-state index is 11.1. The van der Waals surface area contributed by atoms with Crippen LogP contribution in [0.2, 0.25) is 0 Å². The van der Waals surface area contributed by atoms with E-state index in [1.807, 2.05) is 32.2 Å². The molecule has 0 heterocycles. The Kier molecular flexibility index (Phi) is 3.94. The van der Waals surface area contributed by atoms with Gasteiger partial charge in [-0.15, -0.1) is 0 Å². The van der Waals surface area contributed by atoms with Crippen LogP contribution in [-0.4, -0.2) is 24.3 Å². The lowest BCUT2D eigenvalue weighted by atomic mass is 9.97. The van der Waals surface area contributed by atoms with Crippen LogP contribution in [0, 0.1) is 13.8 Å². The van der Waals surface area contributed by atoms with Gasteiger partial charge in [0.05, 0.1) is 0 Å². The van der Waals surface area contributed by atoms with E-state index in [4.69, 9.17) is 4.74 Å². The van der Waals surface area contributed by atoms with Crippen molar-refractivity contribution >= 4 is 0 Å². The second-order valence-corrected chi connectivity index (χ2v) is 6.28. The first-order valence-electron chi connectivity index (χ1n) is 7.72. The molecule has 3 nitrogen and oxygen atoms in total. The highest BCUT2D eigenvalue weighted by molar-refractivity contribution is 5.42. The van der Waals surface area contributed by atoms with Crippen molar-refractivity contribution in [1.29, 1.82) is 0 Å². The molecule has 0 amide bonds. The van der Waals surface area contributed by atoms with Crippen molar-refractivity contribution < 1.29 is 9.84 Å². The van der Waals surface area contributed by atoms with Gasteiger partial charge >= 0.3 is 0 Å². The molecule has 1 aliphatic rings. The van der Waals surface area contributed by atoms with Crippen LogP contribution in [0.5, 0.6) is 5.75 Å². The molecule has 1 aliphatic carbocycles. The number of rotatable bonds is 4. The third-order valence-corrected chi connectivity index (χ3v) is 4.39. The number of fused-ring (bicyclic) bond motifs is 1. The summed E-state index contributed by atoms with van der Waals surface area (Å²) in [5.74, 6) is 0.844. The molecule has 116 valence electrons. The molecular weight excluding hydrogens is 274 g/mol. The van der Waals surface area contributed by atoms with Crippen LogP contribution in [-0.2, 0) is 6.42 Å². The Morgan fingerprint density at radius 1 is 1.23 bits per heavy atom. The molecule has 2 N–H and O–H groups in total. The lowest BCUT2D eigenvalue weighted by Gasteiger charge is -2.31. The van der Waals surface area contributed by atoms with Crippen molar-refractivity contribution in [2.45, 2.75) is 32.0 Å². The molecule has 0 saturated carbocycles. The van der Waals surface area contributed by atoms with Crippen LogP contribution >= 0.6 is 0 Å². The summed E-state index contributed by atoms with van der Waals surface area (Å²) in [4.78, 5) is 0. The van der Waals surface area contributed by atoms with Gasteiger partial charge in [0.1, 0.15) is 11.4 Å². The van der Waals surface area contributed by atoms with Crippen molar-refractivity contribution in [1.82, 2.24) is 5.32 Å². The normalized spacial score (nSPS) is 23.4. The molecule has 2 atom stereocenters. The summed E-state index contributed by atoms with van der Waals surface area (Å²) >= 11 is 0. The van der Waals surface area contributed by atoms with Crippen molar-refractivity contribution in [3.05, 3.63) is 64.7 Å². The Bertz CT molecular complexity index is 683. The summed E-state index contributed by atoms with van der Waals surface area (Å²) in [6.45, 7) is 4.58. The molecule has 2 aromatic rings. The van der Waals surface area contributed by atoms with Crippen LogP contribution in [0.3, 0.4) is 0 Å². The van der Waals surface area contributed by atoms with E-state index >= 15 is 0 Å². The average Bonchev–Trinajstić information content (AvgIpc) is 2.76. The smallest absolute Gasteiger partial charge is 0.154 e. The van der Waals surface area contributed by atoms with Crippen LogP contribution in [0.4, 0.5) is 0 Å². The van der Waals surface area contributed by atoms with Gasteiger partial charge in [-0.1, -0.05) is 36.4 Å². The fourth-order valence-electron chi connectivity index (χ4n) is 3.26. The van der Waals surface area contributed by atoms with Crippen molar-refractivity contribution in [2.24, 2.45) is 0 Å². The first kappa shape index (κ1) is 15.1. The summed E-state index contributed by atoms with van der Waals surface area (Å²) in [6, 6.07) is 14.3. The Labute approximate surface area is 131 Å². The van der Waals surface area contributed by atoms with Gasteiger partial charge in [-0.05, 0) is 49.2 Å². The second-order valence-electron chi connectivity index (χ2n) is 6.28. The van der Waals surface area contributed by atoms with Crippen LogP contribution in [0.1, 0.15) is 28.4 Å². The molecule has 0 aliphatic heterocycles.